The van der Waals surface area contributed by atoms with Gasteiger partial charge in [0.25, 0.3) is 5.91 Å². The monoisotopic (exact) mass is 278 g/mol. The number of nitrogens with zero attached hydrogens (tertiary/aromatic N) is 2. The maximum Gasteiger partial charge on any atom is 0.271 e. The highest BCUT2D eigenvalue weighted by Crippen LogP contribution is 2.11. The Morgan fingerprint density at radius 3 is 2.75 bits per heavy atom. The molecule has 2 aromatic rings. The molecule has 0 unspecified atom stereocenters. The van der Waals surface area contributed by atoms with Crippen LogP contribution >= 0.6 is 0 Å². The molecule has 0 atom stereocenters. The van der Waals surface area contributed by atoms with E-state index in [1.165, 1.54) is 35.2 Å². The molecular formula is C13H15FN4O2. The van der Waals surface area contributed by atoms with E-state index in [0.29, 0.717) is 24.6 Å². The summed E-state index contributed by atoms with van der Waals surface area (Å²) in [6.45, 7) is 0.687. The molecule has 0 saturated carbocycles. The summed E-state index contributed by atoms with van der Waals surface area (Å²) in [5.41, 5.74) is 5.76. The van der Waals surface area contributed by atoms with Gasteiger partial charge in [0.2, 0.25) is 0 Å². The Morgan fingerprint density at radius 1 is 1.45 bits per heavy atom. The summed E-state index contributed by atoms with van der Waals surface area (Å²) in [5.74, 6) is 0.278. The van der Waals surface area contributed by atoms with Crippen molar-refractivity contribution in [2.75, 3.05) is 25.9 Å². The standard InChI is InChI=1S/C13H15FN4O2/c1-18(13(19)11-8-12(15)17-16-11)6-7-20-10-4-2-9(14)3-5-10/h2-5,8H,6-7H2,1H3,(H3,15,16,17). The number of carbonyl (C=O) groups excluding carboxylic acids is 1. The highest BCUT2D eigenvalue weighted by atomic mass is 19.1. The van der Waals surface area contributed by atoms with Crippen molar-refractivity contribution < 1.29 is 13.9 Å². The molecule has 0 spiro atoms. The second-order valence-electron chi connectivity index (χ2n) is 4.24. The molecule has 106 valence electrons. The lowest BCUT2D eigenvalue weighted by atomic mass is 10.3. The minimum atomic E-state index is -0.318. The van der Waals surface area contributed by atoms with Crippen LogP contribution in [0.4, 0.5) is 10.2 Å². The number of amides is 1. The van der Waals surface area contributed by atoms with Gasteiger partial charge in [0, 0.05) is 13.1 Å². The van der Waals surface area contributed by atoms with Gasteiger partial charge in [-0.1, -0.05) is 0 Å². The van der Waals surface area contributed by atoms with E-state index in [1.807, 2.05) is 0 Å². The topological polar surface area (TPSA) is 84.2 Å². The van der Waals surface area contributed by atoms with E-state index in [4.69, 9.17) is 10.5 Å². The third kappa shape index (κ3) is 3.47. The minimum Gasteiger partial charge on any atom is -0.492 e. The second-order valence-corrected chi connectivity index (χ2v) is 4.24. The van der Waals surface area contributed by atoms with Crippen LogP contribution in [0.5, 0.6) is 5.75 Å². The lowest BCUT2D eigenvalue weighted by molar-refractivity contribution is 0.0768. The number of ether oxygens (including phenoxy) is 1. The first-order chi connectivity index (χ1) is 9.56. The number of carbonyl (C=O) groups is 1. The zero-order valence-electron chi connectivity index (χ0n) is 11.0. The first-order valence-corrected chi connectivity index (χ1v) is 6.01. The average molecular weight is 278 g/mol. The van der Waals surface area contributed by atoms with Crippen molar-refractivity contribution in [2.24, 2.45) is 0 Å². The highest BCUT2D eigenvalue weighted by Gasteiger charge is 2.13. The number of likely N-dealkylation sites (N-methyl/N-ethyl adjacent to an activating group) is 1. The van der Waals surface area contributed by atoms with Gasteiger partial charge < -0.3 is 15.4 Å². The number of anilines is 1. The van der Waals surface area contributed by atoms with Gasteiger partial charge in [-0.25, -0.2) is 4.39 Å². The van der Waals surface area contributed by atoms with Crippen LogP contribution in [0.25, 0.3) is 0 Å². The summed E-state index contributed by atoms with van der Waals surface area (Å²) < 4.78 is 18.1. The van der Waals surface area contributed by atoms with Gasteiger partial charge in [0.05, 0.1) is 6.54 Å². The number of nitrogens with one attached hydrogen (secondary N) is 1. The Kier molecular flexibility index (Phi) is 4.19. The molecule has 0 radical (unpaired) electrons. The van der Waals surface area contributed by atoms with Crippen molar-refractivity contribution in [3.05, 3.63) is 41.8 Å². The van der Waals surface area contributed by atoms with Gasteiger partial charge >= 0.3 is 0 Å². The molecule has 0 aliphatic rings. The summed E-state index contributed by atoms with van der Waals surface area (Å²) in [6, 6.07) is 7.17. The molecule has 2 rings (SSSR count). The zero-order valence-corrected chi connectivity index (χ0v) is 11.0. The molecule has 0 fully saturated rings. The number of hydrogen-bond acceptors (Lipinski definition) is 4. The fourth-order valence-electron chi connectivity index (χ4n) is 1.59. The third-order valence-corrected chi connectivity index (χ3v) is 2.68. The number of aromatic amines is 1. The fourth-order valence-corrected chi connectivity index (χ4v) is 1.59. The Labute approximate surface area is 115 Å². The lowest BCUT2D eigenvalue weighted by Crippen LogP contribution is -2.31. The van der Waals surface area contributed by atoms with Crippen LogP contribution in [0.15, 0.2) is 30.3 Å². The van der Waals surface area contributed by atoms with E-state index < -0.39 is 0 Å². The smallest absolute Gasteiger partial charge is 0.271 e. The number of nitrogen functional groups attached to an aromatic ring is 1. The normalized spacial score (nSPS) is 10.3. The number of aromatic nitrogens is 2. The molecule has 1 amide bonds. The molecule has 3 N–H and O–H groups in total. The van der Waals surface area contributed by atoms with Gasteiger partial charge in [-0.15, -0.1) is 0 Å². The van der Waals surface area contributed by atoms with Gasteiger partial charge in [-0.05, 0) is 24.3 Å². The average Bonchev–Trinajstić information content (AvgIpc) is 2.86. The van der Waals surface area contributed by atoms with E-state index in [2.05, 4.69) is 10.2 Å². The molecule has 20 heavy (non-hydrogen) atoms. The molecule has 0 bridgehead atoms. The molecule has 0 aliphatic heterocycles. The number of H-pyrrole nitrogens is 1. The first kappa shape index (κ1) is 13.9. The van der Waals surface area contributed by atoms with Crippen molar-refractivity contribution in [3.8, 4) is 5.75 Å². The highest BCUT2D eigenvalue weighted by molar-refractivity contribution is 5.92. The van der Waals surface area contributed by atoms with E-state index >= 15 is 0 Å². The summed E-state index contributed by atoms with van der Waals surface area (Å²) in [6.07, 6.45) is 0. The summed E-state index contributed by atoms with van der Waals surface area (Å²) in [7, 11) is 1.65. The van der Waals surface area contributed by atoms with Crippen LogP contribution in [0.1, 0.15) is 10.5 Å². The Bertz CT molecular complexity index is 582. The quantitative estimate of drug-likeness (QED) is 0.863. The zero-order chi connectivity index (χ0) is 14.5. The third-order valence-electron chi connectivity index (χ3n) is 2.68. The number of benzene rings is 1. The Morgan fingerprint density at radius 2 is 2.15 bits per heavy atom. The first-order valence-electron chi connectivity index (χ1n) is 6.01. The maximum absolute atomic E-state index is 12.7. The second kappa shape index (κ2) is 6.05. The molecule has 0 saturated heterocycles. The largest absolute Gasteiger partial charge is 0.492 e. The van der Waals surface area contributed by atoms with Gasteiger partial charge in [0.15, 0.2) is 0 Å². The van der Waals surface area contributed by atoms with Crippen molar-refractivity contribution in [3.63, 3.8) is 0 Å². The number of halogens is 1. The molecular weight excluding hydrogens is 263 g/mol. The predicted octanol–water partition coefficient (Wildman–Crippen LogP) is 1.28. The van der Waals surface area contributed by atoms with Crippen molar-refractivity contribution >= 4 is 11.7 Å². The van der Waals surface area contributed by atoms with Gasteiger partial charge in [-0.2, -0.15) is 5.10 Å². The maximum atomic E-state index is 12.7. The fraction of sp³-hybridized carbons (Fsp3) is 0.231. The van der Waals surface area contributed by atoms with E-state index in [9.17, 15) is 9.18 Å². The molecule has 0 aliphatic carbocycles. The van der Waals surface area contributed by atoms with Crippen LogP contribution < -0.4 is 10.5 Å². The van der Waals surface area contributed by atoms with Crippen LogP contribution in [0, 0.1) is 5.82 Å². The molecule has 1 aromatic carbocycles. The van der Waals surface area contributed by atoms with Crippen LogP contribution in [-0.4, -0.2) is 41.2 Å². The van der Waals surface area contributed by atoms with E-state index in [0.717, 1.165) is 0 Å². The van der Waals surface area contributed by atoms with Crippen molar-refractivity contribution in [2.45, 2.75) is 0 Å². The summed E-state index contributed by atoms with van der Waals surface area (Å²) >= 11 is 0. The Balaban J connectivity index is 1.81. The number of nitrogens with two attached hydrogens (primary N) is 1. The minimum absolute atomic E-state index is 0.225. The molecule has 1 heterocycles. The van der Waals surface area contributed by atoms with E-state index in [1.54, 1.807) is 7.05 Å². The van der Waals surface area contributed by atoms with Crippen molar-refractivity contribution in [1.29, 1.82) is 0 Å². The van der Waals surface area contributed by atoms with Gasteiger partial charge in [-0.3, -0.25) is 9.89 Å². The van der Waals surface area contributed by atoms with Crippen molar-refractivity contribution in [1.82, 2.24) is 15.1 Å². The Hall–Kier alpha value is -2.57. The molecule has 1 aromatic heterocycles. The van der Waals surface area contributed by atoms with E-state index in [-0.39, 0.29) is 17.5 Å². The SMILES string of the molecule is CN(CCOc1ccc(F)cc1)C(=O)c1cc(N)n[nH]1. The van der Waals surface area contributed by atoms with Crippen LogP contribution in [-0.2, 0) is 0 Å². The lowest BCUT2D eigenvalue weighted by Gasteiger charge is -2.16. The number of hydrogen-bond donors (Lipinski definition) is 2. The number of rotatable bonds is 5. The van der Waals surface area contributed by atoms with Crippen LogP contribution in [0.2, 0.25) is 0 Å². The van der Waals surface area contributed by atoms with Gasteiger partial charge in [0.1, 0.15) is 29.7 Å². The predicted molar refractivity (Wildman–Crippen MR) is 71.9 cm³/mol. The van der Waals surface area contributed by atoms with Crippen LogP contribution in [0.3, 0.4) is 0 Å². The molecule has 7 heteroatoms. The molecule has 6 nitrogen and oxygen atoms in total. The summed E-state index contributed by atoms with van der Waals surface area (Å²) in [5, 5.41) is 6.25. The summed E-state index contributed by atoms with van der Waals surface area (Å²) in [4.78, 5) is 13.4.